The van der Waals surface area contributed by atoms with Gasteiger partial charge in [0, 0.05) is 23.5 Å². The van der Waals surface area contributed by atoms with Gasteiger partial charge >= 0.3 is 0 Å². The van der Waals surface area contributed by atoms with E-state index in [0.29, 0.717) is 10.6 Å². The van der Waals surface area contributed by atoms with Crippen LogP contribution in [0.4, 0.5) is 5.69 Å². The molecular formula is C35H36Cl3N3O4S. The van der Waals surface area contributed by atoms with Crippen molar-refractivity contribution < 1.29 is 18.0 Å². The normalized spacial score (nSPS) is 12.3. The van der Waals surface area contributed by atoms with Gasteiger partial charge in [0.2, 0.25) is 11.8 Å². The average Bonchev–Trinajstić information content (AvgIpc) is 2.99. The second kappa shape index (κ2) is 14.9. The molecule has 0 aliphatic rings. The number of nitrogens with one attached hydrogen (secondary N) is 1. The van der Waals surface area contributed by atoms with E-state index in [-0.39, 0.29) is 39.5 Å². The Balaban J connectivity index is 1.84. The molecule has 46 heavy (non-hydrogen) atoms. The highest BCUT2D eigenvalue weighted by Crippen LogP contribution is 2.31. The number of carbonyl (C=O) groups excluding carboxylic acids is 2. The molecule has 0 spiro atoms. The van der Waals surface area contributed by atoms with E-state index in [0.717, 1.165) is 15.4 Å². The van der Waals surface area contributed by atoms with Crippen LogP contribution in [0.25, 0.3) is 0 Å². The molecule has 0 radical (unpaired) electrons. The van der Waals surface area contributed by atoms with Crippen LogP contribution < -0.4 is 9.62 Å². The molecule has 0 aliphatic heterocycles. The highest BCUT2D eigenvalue weighted by atomic mass is 35.5. The Bertz CT molecular complexity index is 1790. The largest absolute Gasteiger partial charge is 0.350 e. The number of carbonyl (C=O) groups is 2. The lowest BCUT2D eigenvalue weighted by Gasteiger charge is -2.35. The smallest absolute Gasteiger partial charge is 0.264 e. The highest BCUT2D eigenvalue weighted by Gasteiger charge is 2.35. The SMILES string of the molecule is Cc1ccc(S(=O)(=O)N(CC(=O)N(Cc2cccc(Cl)c2)[C@@H](Cc2ccccc2)C(=O)NC(C)(C)C)c2ccc(Cl)c(Cl)c2)cc1. The van der Waals surface area contributed by atoms with Crippen molar-refractivity contribution in [2.24, 2.45) is 0 Å². The summed E-state index contributed by atoms with van der Waals surface area (Å²) in [5.74, 6) is -0.985. The van der Waals surface area contributed by atoms with Crippen LogP contribution in [0, 0.1) is 6.92 Å². The molecule has 0 bridgehead atoms. The Morgan fingerprint density at radius 2 is 1.46 bits per heavy atom. The predicted molar refractivity (Wildman–Crippen MR) is 186 cm³/mol. The summed E-state index contributed by atoms with van der Waals surface area (Å²) in [4.78, 5) is 29.9. The van der Waals surface area contributed by atoms with Crippen molar-refractivity contribution in [1.82, 2.24) is 10.2 Å². The Hall–Kier alpha value is -3.56. The summed E-state index contributed by atoms with van der Waals surface area (Å²) in [6.45, 7) is 6.78. The second-order valence-electron chi connectivity index (χ2n) is 12.0. The number of sulfonamides is 1. The van der Waals surface area contributed by atoms with Crippen molar-refractivity contribution in [3.63, 3.8) is 0 Å². The lowest BCUT2D eigenvalue weighted by Crippen LogP contribution is -2.56. The number of nitrogens with zero attached hydrogens (tertiary/aromatic N) is 2. The Morgan fingerprint density at radius 1 is 0.804 bits per heavy atom. The zero-order chi connectivity index (χ0) is 33.6. The van der Waals surface area contributed by atoms with Gasteiger partial charge in [0.1, 0.15) is 12.6 Å². The van der Waals surface area contributed by atoms with Gasteiger partial charge in [-0.3, -0.25) is 13.9 Å². The number of anilines is 1. The molecule has 0 aliphatic carbocycles. The summed E-state index contributed by atoms with van der Waals surface area (Å²) in [5.41, 5.74) is 1.92. The topological polar surface area (TPSA) is 86.8 Å². The molecule has 0 saturated heterocycles. The van der Waals surface area contributed by atoms with E-state index in [1.165, 1.54) is 35.2 Å². The maximum atomic E-state index is 14.5. The van der Waals surface area contributed by atoms with Gasteiger partial charge in [-0.1, -0.05) is 95.0 Å². The van der Waals surface area contributed by atoms with Gasteiger partial charge < -0.3 is 10.2 Å². The minimum atomic E-state index is -4.28. The summed E-state index contributed by atoms with van der Waals surface area (Å²) >= 11 is 18.8. The zero-order valence-electron chi connectivity index (χ0n) is 26.0. The Kier molecular flexibility index (Phi) is 11.4. The summed E-state index contributed by atoms with van der Waals surface area (Å²) in [6, 6.07) is 26.0. The van der Waals surface area contributed by atoms with Crippen molar-refractivity contribution in [3.8, 4) is 0 Å². The number of hydrogen-bond acceptors (Lipinski definition) is 4. The van der Waals surface area contributed by atoms with Crippen LogP contribution in [0.5, 0.6) is 0 Å². The van der Waals surface area contributed by atoms with Gasteiger partial charge in [0.15, 0.2) is 0 Å². The third-order valence-corrected chi connectivity index (χ3v) is 9.85. The molecule has 2 amide bonds. The van der Waals surface area contributed by atoms with Crippen molar-refractivity contribution in [1.29, 1.82) is 0 Å². The first kappa shape index (κ1) is 35.3. The fourth-order valence-electron chi connectivity index (χ4n) is 4.85. The van der Waals surface area contributed by atoms with E-state index in [4.69, 9.17) is 34.8 Å². The fourth-order valence-corrected chi connectivity index (χ4v) is 6.76. The molecule has 0 aromatic heterocycles. The first-order chi connectivity index (χ1) is 21.6. The molecular weight excluding hydrogens is 665 g/mol. The molecule has 4 rings (SSSR count). The summed E-state index contributed by atoms with van der Waals surface area (Å²) < 4.78 is 29.3. The maximum Gasteiger partial charge on any atom is 0.264 e. The highest BCUT2D eigenvalue weighted by molar-refractivity contribution is 7.92. The fraction of sp³-hybridized carbons (Fsp3) is 0.257. The standard InChI is InChI=1S/C35H36Cl3N3O4S/c1-24-13-16-29(17-14-24)46(44,45)41(28-15-18-30(37)31(38)21-28)23-33(42)40(22-26-11-8-12-27(36)19-26)32(34(43)39-35(2,3)4)20-25-9-6-5-7-10-25/h5-19,21,32H,20,22-23H2,1-4H3,(H,39,43)/t32-/m0/s1. The van der Waals surface area contributed by atoms with Crippen LogP contribution in [-0.2, 0) is 32.6 Å². The summed E-state index contributed by atoms with van der Waals surface area (Å²) in [7, 11) is -4.28. The van der Waals surface area contributed by atoms with Gasteiger partial charge in [-0.25, -0.2) is 8.42 Å². The number of benzene rings is 4. The van der Waals surface area contributed by atoms with Gasteiger partial charge in [-0.05, 0) is 81.3 Å². The predicted octanol–water partition coefficient (Wildman–Crippen LogP) is 7.71. The quantitative estimate of drug-likeness (QED) is 0.174. The molecule has 0 fully saturated rings. The lowest BCUT2D eigenvalue weighted by molar-refractivity contribution is -0.140. The van der Waals surface area contributed by atoms with E-state index < -0.39 is 34.1 Å². The zero-order valence-corrected chi connectivity index (χ0v) is 29.1. The molecule has 242 valence electrons. The molecule has 4 aromatic carbocycles. The molecule has 11 heteroatoms. The van der Waals surface area contributed by atoms with Gasteiger partial charge in [-0.2, -0.15) is 0 Å². The van der Waals surface area contributed by atoms with E-state index in [9.17, 15) is 18.0 Å². The third kappa shape index (κ3) is 9.26. The maximum absolute atomic E-state index is 14.5. The van der Waals surface area contributed by atoms with Crippen LogP contribution in [0.15, 0.2) is 102 Å². The average molecular weight is 701 g/mol. The van der Waals surface area contributed by atoms with E-state index in [1.807, 2.05) is 58.0 Å². The minimum absolute atomic E-state index is 0.00570. The lowest BCUT2D eigenvalue weighted by atomic mass is 10.0. The second-order valence-corrected chi connectivity index (χ2v) is 15.1. The van der Waals surface area contributed by atoms with Crippen molar-refractivity contribution in [3.05, 3.63) is 129 Å². The van der Waals surface area contributed by atoms with Crippen molar-refractivity contribution in [2.45, 2.75) is 57.1 Å². The number of rotatable bonds is 11. The first-order valence-corrected chi connectivity index (χ1v) is 17.2. The number of amides is 2. The molecule has 0 saturated carbocycles. The first-order valence-electron chi connectivity index (χ1n) is 14.6. The Morgan fingerprint density at radius 3 is 2.07 bits per heavy atom. The van der Waals surface area contributed by atoms with E-state index in [2.05, 4.69) is 5.32 Å². The van der Waals surface area contributed by atoms with E-state index in [1.54, 1.807) is 36.4 Å². The number of hydrogen-bond donors (Lipinski definition) is 1. The van der Waals surface area contributed by atoms with Gasteiger partial charge in [-0.15, -0.1) is 0 Å². The van der Waals surface area contributed by atoms with Crippen LogP contribution in [-0.4, -0.2) is 43.3 Å². The van der Waals surface area contributed by atoms with Crippen LogP contribution in [0.1, 0.15) is 37.5 Å². The van der Waals surface area contributed by atoms with Crippen LogP contribution >= 0.6 is 34.8 Å². The number of aryl methyl sites for hydroxylation is 1. The van der Waals surface area contributed by atoms with E-state index >= 15 is 0 Å². The molecule has 1 atom stereocenters. The molecule has 7 nitrogen and oxygen atoms in total. The van der Waals surface area contributed by atoms with Crippen molar-refractivity contribution >= 4 is 62.3 Å². The minimum Gasteiger partial charge on any atom is -0.350 e. The van der Waals surface area contributed by atoms with Gasteiger partial charge in [0.25, 0.3) is 10.0 Å². The monoisotopic (exact) mass is 699 g/mol. The van der Waals surface area contributed by atoms with Crippen molar-refractivity contribution in [2.75, 3.05) is 10.8 Å². The molecule has 4 aromatic rings. The van der Waals surface area contributed by atoms with Crippen LogP contribution in [0.2, 0.25) is 15.1 Å². The van der Waals surface area contributed by atoms with Crippen LogP contribution in [0.3, 0.4) is 0 Å². The molecule has 0 unspecified atom stereocenters. The van der Waals surface area contributed by atoms with Gasteiger partial charge in [0.05, 0.1) is 20.6 Å². The molecule has 0 heterocycles. The summed E-state index contributed by atoms with van der Waals surface area (Å²) in [6.07, 6.45) is 0.187. The molecule has 1 N–H and O–H groups in total. The third-order valence-electron chi connectivity index (χ3n) is 7.09. The Labute approximate surface area is 286 Å². The number of halogens is 3. The summed E-state index contributed by atoms with van der Waals surface area (Å²) in [5, 5.41) is 3.82.